The first kappa shape index (κ1) is 30.7. The van der Waals surface area contributed by atoms with Gasteiger partial charge in [-0.25, -0.2) is 4.79 Å². The maximum absolute atomic E-state index is 14.0. The van der Waals surface area contributed by atoms with Gasteiger partial charge < -0.3 is 25.0 Å². The predicted molar refractivity (Wildman–Crippen MR) is 150 cm³/mol. The van der Waals surface area contributed by atoms with E-state index in [4.69, 9.17) is 9.47 Å². The first-order valence-electron chi connectivity index (χ1n) is 13.1. The van der Waals surface area contributed by atoms with Crippen LogP contribution in [0, 0.1) is 19.8 Å². The summed E-state index contributed by atoms with van der Waals surface area (Å²) in [5, 5.41) is 5.71. The first-order valence-corrected chi connectivity index (χ1v) is 13.1. The Morgan fingerprint density at radius 1 is 1.00 bits per heavy atom. The Balaban J connectivity index is 2.49. The number of hydrogen-bond acceptors (Lipinski definition) is 5. The van der Waals surface area contributed by atoms with Crippen molar-refractivity contribution >= 4 is 23.6 Å². The van der Waals surface area contributed by atoms with Crippen molar-refractivity contribution in [2.24, 2.45) is 5.92 Å². The van der Waals surface area contributed by atoms with Crippen LogP contribution in [-0.4, -0.2) is 48.1 Å². The molecule has 0 heterocycles. The quantitative estimate of drug-likeness (QED) is 0.410. The minimum Gasteiger partial charge on any atom is -0.497 e. The van der Waals surface area contributed by atoms with Gasteiger partial charge in [0.25, 0.3) is 5.91 Å². The molecule has 0 saturated heterocycles. The van der Waals surface area contributed by atoms with E-state index in [2.05, 4.69) is 10.6 Å². The lowest BCUT2D eigenvalue weighted by Gasteiger charge is -2.35. The van der Waals surface area contributed by atoms with Crippen LogP contribution in [0.2, 0.25) is 0 Å². The molecule has 0 saturated carbocycles. The average Bonchev–Trinajstić information content (AvgIpc) is 2.82. The van der Waals surface area contributed by atoms with Crippen molar-refractivity contribution in [3.05, 3.63) is 59.2 Å². The number of nitrogens with one attached hydrogen (secondary N) is 2. The highest BCUT2D eigenvalue weighted by Gasteiger charge is 2.36. The summed E-state index contributed by atoms with van der Waals surface area (Å²) in [5.41, 5.74) is 2.46. The second-order valence-corrected chi connectivity index (χ2v) is 10.9. The lowest BCUT2D eigenvalue weighted by atomic mass is 9.95. The molecule has 2 rings (SSSR count). The number of anilines is 1. The van der Waals surface area contributed by atoms with E-state index in [0.29, 0.717) is 17.9 Å². The maximum Gasteiger partial charge on any atom is 0.408 e. The second kappa shape index (κ2) is 13.3. The van der Waals surface area contributed by atoms with Gasteiger partial charge in [0.2, 0.25) is 5.91 Å². The average molecular weight is 526 g/mol. The molecule has 0 bridgehead atoms. The Hall–Kier alpha value is -3.55. The molecule has 208 valence electrons. The molecule has 2 N–H and O–H groups in total. The van der Waals surface area contributed by atoms with Crippen molar-refractivity contribution in [1.82, 2.24) is 10.2 Å². The molecule has 0 aliphatic rings. The van der Waals surface area contributed by atoms with Gasteiger partial charge in [-0.05, 0) is 89.3 Å². The molecule has 2 unspecified atom stereocenters. The van der Waals surface area contributed by atoms with Crippen LogP contribution >= 0.6 is 0 Å². The van der Waals surface area contributed by atoms with Crippen LogP contribution < -0.4 is 15.4 Å². The highest BCUT2D eigenvalue weighted by Crippen LogP contribution is 2.29. The van der Waals surface area contributed by atoms with Gasteiger partial charge in [-0.3, -0.25) is 9.59 Å². The molecule has 0 radical (unpaired) electrons. The zero-order chi connectivity index (χ0) is 28.6. The molecule has 8 nitrogen and oxygen atoms in total. The van der Waals surface area contributed by atoms with Crippen LogP contribution in [-0.2, 0) is 14.3 Å². The zero-order valence-corrected chi connectivity index (χ0v) is 24.2. The van der Waals surface area contributed by atoms with Crippen LogP contribution in [0.1, 0.15) is 70.7 Å². The number of ether oxygens (including phenoxy) is 2. The number of benzene rings is 2. The summed E-state index contributed by atoms with van der Waals surface area (Å²) in [4.78, 5) is 42.0. The minimum atomic E-state index is -0.912. The van der Waals surface area contributed by atoms with Crippen molar-refractivity contribution in [2.75, 3.05) is 19.0 Å². The van der Waals surface area contributed by atoms with Gasteiger partial charge in [0.15, 0.2) is 0 Å². The predicted octanol–water partition coefficient (Wildman–Crippen LogP) is 5.78. The molecule has 0 fully saturated rings. The maximum atomic E-state index is 14.0. The van der Waals surface area contributed by atoms with Crippen molar-refractivity contribution < 1.29 is 23.9 Å². The number of hydrogen-bond donors (Lipinski definition) is 2. The van der Waals surface area contributed by atoms with E-state index in [1.54, 1.807) is 52.1 Å². The largest absolute Gasteiger partial charge is 0.497 e. The van der Waals surface area contributed by atoms with Crippen LogP contribution in [0.3, 0.4) is 0 Å². The Kier molecular flexibility index (Phi) is 10.7. The highest BCUT2D eigenvalue weighted by atomic mass is 16.6. The fraction of sp³-hybridized carbons (Fsp3) is 0.500. The number of aryl methyl sites for hydroxylation is 2. The van der Waals surface area contributed by atoms with Gasteiger partial charge in [-0.1, -0.05) is 37.6 Å². The monoisotopic (exact) mass is 525 g/mol. The molecule has 0 aliphatic carbocycles. The molecular weight excluding hydrogens is 482 g/mol. The summed E-state index contributed by atoms with van der Waals surface area (Å²) in [6.07, 6.45) is -0.271. The molecule has 3 amide bonds. The van der Waals surface area contributed by atoms with Gasteiger partial charge in [-0.15, -0.1) is 0 Å². The number of amides is 3. The molecule has 8 heteroatoms. The molecule has 2 atom stereocenters. The summed E-state index contributed by atoms with van der Waals surface area (Å²) >= 11 is 0. The van der Waals surface area contributed by atoms with Gasteiger partial charge in [0.1, 0.15) is 23.4 Å². The topological polar surface area (TPSA) is 97.0 Å². The minimum absolute atomic E-state index is 0.116. The zero-order valence-electron chi connectivity index (χ0n) is 24.2. The van der Waals surface area contributed by atoms with E-state index in [1.165, 1.54) is 4.90 Å². The molecule has 38 heavy (non-hydrogen) atoms. The summed E-state index contributed by atoms with van der Waals surface area (Å²) in [6, 6.07) is 11.1. The molecule has 2 aromatic carbocycles. The Labute approximate surface area is 227 Å². The number of carbonyl (C=O) groups excluding carboxylic acids is 3. The van der Waals surface area contributed by atoms with Crippen molar-refractivity contribution in [1.29, 1.82) is 0 Å². The first-order chi connectivity index (χ1) is 17.7. The Morgan fingerprint density at radius 2 is 1.63 bits per heavy atom. The van der Waals surface area contributed by atoms with Crippen molar-refractivity contribution in [3.63, 3.8) is 0 Å². The third-order valence-corrected chi connectivity index (χ3v) is 5.97. The summed E-state index contributed by atoms with van der Waals surface area (Å²) in [7, 11) is 1.58. The fourth-order valence-electron chi connectivity index (χ4n) is 4.20. The van der Waals surface area contributed by atoms with Gasteiger partial charge in [0.05, 0.1) is 7.11 Å². The molecular formula is C30H43N3O5. The van der Waals surface area contributed by atoms with Gasteiger partial charge >= 0.3 is 6.09 Å². The van der Waals surface area contributed by atoms with E-state index in [1.807, 2.05) is 52.8 Å². The van der Waals surface area contributed by atoms with E-state index in [0.717, 1.165) is 16.7 Å². The SMILES string of the molecule is CCN(C(=O)C(CC(C)C)NC(=O)OC(C)(C)C)C(C(=O)Nc1ccc(OC)cc1)c1cc(C)ccc1C. The fourth-order valence-corrected chi connectivity index (χ4v) is 4.20. The second-order valence-electron chi connectivity index (χ2n) is 10.9. The number of likely N-dealkylation sites (N-methyl/N-ethyl adjacent to an activating group) is 1. The normalized spacial score (nSPS) is 12.9. The molecule has 0 aromatic heterocycles. The third-order valence-electron chi connectivity index (χ3n) is 5.97. The third kappa shape index (κ3) is 8.78. The van der Waals surface area contributed by atoms with Crippen molar-refractivity contribution in [2.45, 2.75) is 79.5 Å². The lowest BCUT2D eigenvalue weighted by Crippen LogP contribution is -2.52. The Bertz CT molecular complexity index is 1110. The number of nitrogens with zero attached hydrogens (tertiary/aromatic N) is 1. The number of rotatable bonds is 10. The van der Waals surface area contributed by atoms with E-state index in [9.17, 15) is 14.4 Å². The van der Waals surface area contributed by atoms with Crippen LogP contribution in [0.5, 0.6) is 5.75 Å². The van der Waals surface area contributed by atoms with E-state index in [-0.39, 0.29) is 24.3 Å². The van der Waals surface area contributed by atoms with Crippen molar-refractivity contribution in [3.8, 4) is 5.75 Å². The lowest BCUT2D eigenvalue weighted by molar-refractivity contribution is -0.140. The van der Waals surface area contributed by atoms with Crippen LogP contribution in [0.15, 0.2) is 42.5 Å². The van der Waals surface area contributed by atoms with E-state index >= 15 is 0 Å². The molecule has 2 aromatic rings. The standard InChI is InChI=1S/C30H43N3O5/c1-10-33(28(35)25(17-19(2)3)32-29(36)38-30(6,7)8)26(24-18-20(4)11-12-21(24)5)27(34)31-22-13-15-23(37-9)16-14-22/h11-16,18-19,25-26H,10,17H2,1-9H3,(H,31,34)(H,32,36). The van der Waals surface area contributed by atoms with Gasteiger partial charge in [0, 0.05) is 12.2 Å². The van der Waals surface area contributed by atoms with Crippen LogP contribution in [0.4, 0.5) is 10.5 Å². The summed E-state index contributed by atoms with van der Waals surface area (Å²) < 4.78 is 10.6. The van der Waals surface area contributed by atoms with Crippen LogP contribution in [0.25, 0.3) is 0 Å². The Morgan fingerprint density at radius 3 is 2.16 bits per heavy atom. The summed E-state index contributed by atoms with van der Waals surface area (Å²) in [5.74, 6) is 0.0940. The number of methoxy groups -OCH3 is 1. The smallest absolute Gasteiger partial charge is 0.408 e. The van der Waals surface area contributed by atoms with Gasteiger partial charge in [-0.2, -0.15) is 0 Å². The number of alkyl carbamates (subject to hydrolysis) is 1. The number of carbonyl (C=O) groups is 3. The van der Waals surface area contributed by atoms with E-state index < -0.39 is 23.8 Å². The molecule has 0 aliphatic heterocycles. The summed E-state index contributed by atoms with van der Waals surface area (Å²) in [6.45, 7) is 15.2. The highest BCUT2D eigenvalue weighted by molar-refractivity contribution is 5.99. The molecule has 0 spiro atoms.